The Morgan fingerprint density at radius 1 is 1.33 bits per heavy atom. The second-order valence-corrected chi connectivity index (χ2v) is 3.31. The van der Waals surface area contributed by atoms with Gasteiger partial charge in [-0.25, -0.2) is 0 Å². The molecule has 0 amide bonds. The highest BCUT2D eigenvalue weighted by atomic mass is 16.3. The second-order valence-electron chi connectivity index (χ2n) is 3.31. The fraction of sp³-hybridized carbons (Fsp3) is 0.400. The lowest BCUT2D eigenvalue weighted by molar-refractivity contribution is 0.207. The first-order valence-electron chi connectivity index (χ1n) is 4.27. The Bertz CT molecular complexity index is 252. The molecule has 2 rings (SSSR count). The van der Waals surface area contributed by atoms with Crippen LogP contribution in [0.1, 0.15) is 12.5 Å². The molecule has 1 aromatic rings. The monoisotopic (exact) mass is 163 g/mol. The molecule has 0 aliphatic carbocycles. The maximum atomic E-state index is 9.28. The van der Waals surface area contributed by atoms with Crippen molar-refractivity contribution in [3.8, 4) is 0 Å². The predicted octanol–water partition coefficient (Wildman–Crippen LogP) is 1.21. The fourth-order valence-electron chi connectivity index (χ4n) is 1.42. The summed E-state index contributed by atoms with van der Waals surface area (Å²) < 4.78 is 0. The molecule has 1 aliphatic rings. The number of hydrogen-bond acceptors (Lipinski definition) is 2. The Labute approximate surface area is 72.4 Å². The van der Waals surface area contributed by atoms with Crippen LogP contribution in [0.3, 0.4) is 0 Å². The van der Waals surface area contributed by atoms with E-state index in [9.17, 15) is 5.11 Å². The van der Waals surface area contributed by atoms with Gasteiger partial charge in [-0.1, -0.05) is 30.3 Å². The molecular formula is C10H13NO. The molecule has 1 fully saturated rings. The molecule has 0 spiro atoms. The summed E-state index contributed by atoms with van der Waals surface area (Å²) in [5.74, 6) is 0. The zero-order chi connectivity index (χ0) is 8.55. The first kappa shape index (κ1) is 7.77. The van der Waals surface area contributed by atoms with Crippen LogP contribution in [0.5, 0.6) is 0 Å². The van der Waals surface area contributed by atoms with Crippen molar-refractivity contribution in [3.05, 3.63) is 35.9 Å². The predicted molar refractivity (Wildman–Crippen MR) is 47.5 cm³/mol. The number of aliphatic hydroxyl groups excluding tert-OH is 1. The summed E-state index contributed by atoms with van der Waals surface area (Å²) in [6.07, 6.45) is -0.217. The minimum Gasteiger partial charge on any atom is -0.377 e. The highest BCUT2D eigenvalue weighted by Crippen LogP contribution is 2.27. The number of rotatable bonds is 2. The normalized spacial score (nSPS) is 33.3. The van der Waals surface area contributed by atoms with Gasteiger partial charge >= 0.3 is 0 Å². The van der Waals surface area contributed by atoms with E-state index in [1.807, 2.05) is 25.1 Å². The lowest BCUT2D eigenvalue weighted by Crippen LogP contribution is -2.01. The average Bonchev–Trinajstić information content (AvgIpc) is 2.65. The fourth-order valence-corrected chi connectivity index (χ4v) is 1.42. The Kier molecular flexibility index (Phi) is 1.87. The van der Waals surface area contributed by atoms with Gasteiger partial charge in [-0.15, -0.1) is 0 Å². The van der Waals surface area contributed by atoms with Gasteiger partial charge in [-0.2, -0.15) is 0 Å². The average molecular weight is 163 g/mol. The van der Waals surface area contributed by atoms with E-state index in [4.69, 9.17) is 0 Å². The summed E-state index contributed by atoms with van der Waals surface area (Å²) in [5, 5.41) is 9.28. The van der Waals surface area contributed by atoms with Gasteiger partial charge < -0.3 is 5.11 Å². The van der Waals surface area contributed by atoms with Crippen molar-refractivity contribution in [1.29, 1.82) is 0 Å². The topological polar surface area (TPSA) is 23.2 Å². The molecule has 1 saturated heterocycles. The van der Waals surface area contributed by atoms with E-state index < -0.39 is 0 Å². The highest BCUT2D eigenvalue weighted by molar-refractivity contribution is 5.16. The van der Waals surface area contributed by atoms with Gasteiger partial charge in [0.05, 0.1) is 0 Å². The van der Waals surface area contributed by atoms with Crippen molar-refractivity contribution < 1.29 is 5.11 Å². The molecule has 0 radical (unpaired) electrons. The zero-order valence-corrected chi connectivity index (χ0v) is 7.14. The van der Waals surface area contributed by atoms with Crippen molar-refractivity contribution in [1.82, 2.24) is 4.90 Å². The molecule has 2 heteroatoms. The SMILES string of the molecule is CC1C(O)N1Cc1ccccc1. The van der Waals surface area contributed by atoms with Crippen LogP contribution in [-0.4, -0.2) is 22.3 Å². The van der Waals surface area contributed by atoms with Crippen molar-refractivity contribution in [3.63, 3.8) is 0 Å². The standard InChI is InChI=1S/C10H13NO/c1-8-10(12)11(8)7-9-5-3-2-4-6-9/h2-6,8,10,12H,7H2,1H3. The summed E-state index contributed by atoms with van der Waals surface area (Å²) in [6, 6.07) is 10.6. The van der Waals surface area contributed by atoms with E-state index in [1.54, 1.807) is 0 Å². The Morgan fingerprint density at radius 3 is 2.42 bits per heavy atom. The van der Waals surface area contributed by atoms with Crippen LogP contribution in [0.15, 0.2) is 30.3 Å². The first-order valence-corrected chi connectivity index (χ1v) is 4.27. The third-order valence-electron chi connectivity index (χ3n) is 2.41. The summed E-state index contributed by atoms with van der Waals surface area (Å²) >= 11 is 0. The quantitative estimate of drug-likeness (QED) is 0.662. The van der Waals surface area contributed by atoms with Crippen molar-refractivity contribution in [2.45, 2.75) is 25.7 Å². The van der Waals surface area contributed by atoms with Crippen LogP contribution in [0.4, 0.5) is 0 Å². The van der Waals surface area contributed by atoms with Crippen LogP contribution in [0.2, 0.25) is 0 Å². The maximum Gasteiger partial charge on any atom is 0.123 e. The van der Waals surface area contributed by atoms with Crippen LogP contribution in [-0.2, 0) is 6.54 Å². The molecule has 0 bridgehead atoms. The number of hydrogen-bond donors (Lipinski definition) is 1. The van der Waals surface area contributed by atoms with Gasteiger partial charge in [0.2, 0.25) is 0 Å². The summed E-state index contributed by atoms with van der Waals surface area (Å²) in [6.45, 7) is 2.90. The van der Waals surface area contributed by atoms with Crippen LogP contribution >= 0.6 is 0 Å². The van der Waals surface area contributed by atoms with Crippen molar-refractivity contribution in [2.75, 3.05) is 0 Å². The van der Waals surface area contributed by atoms with E-state index in [0.717, 1.165) is 6.54 Å². The van der Waals surface area contributed by atoms with E-state index in [0.29, 0.717) is 6.04 Å². The van der Waals surface area contributed by atoms with Crippen LogP contribution < -0.4 is 0 Å². The van der Waals surface area contributed by atoms with Gasteiger partial charge in [0.15, 0.2) is 0 Å². The van der Waals surface area contributed by atoms with Crippen LogP contribution in [0.25, 0.3) is 0 Å². The minimum atomic E-state index is -0.217. The number of benzene rings is 1. The Balaban J connectivity index is 1.97. The third-order valence-corrected chi connectivity index (χ3v) is 2.41. The summed E-state index contributed by atoms with van der Waals surface area (Å²) in [4.78, 5) is 2.05. The smallest absolute Gasteiger partial charge is 0.123 e. The lowest BCUT2D eigenvalue weighted by Gasteiger charge is -2.00. The molecule has 64 valence electrons. The van der Waals surface area contributed by atoms with Crippen molar-refractivity contribution in [2.24, 2.45) is 0 Å². The first-order chi connectivity index (χ1) is 5.79. The zero-order valence-electron chi connectivity index (χ0n) is 7.14. The van der Waals surface area contributed by atoms with Gasteiger partial charge in [0.25, 0.3) is 0 Å². The molecule has 12 heavy (non-hydrogen) atoms. The van der Waals surface area contributed by atoms with E-state index in [1.165, 1.54) is 5.56 Å². The Hall–Kier alpha value is -0.860. The number of aliphatic hydroxyl groups is 1. The van der Waals surface area contributed by atoms with E-state index >= 15 is 0 Å². The van der Waals surface area contributed by atoms with Gasteiger partial charge in [-0.05, 0) is 12.5 Å². The molecule has 0 aromatic heterocycles. The molecule has 3 unspecified atom stereocenters. The van der Waals surface area contributed by atoms with Gasteiger partial charge in [0, 0.05) is 12.6 Å². The van der Waals surface area contributed by atoms with E-state index in [2.05, 4.69) is 17.0 Å². The van der Waals surface area contributed by atoms with Crippen molar-refractivity contribution >= 4 is 0 Å². The van der Waals surface area contributed by atoms with Crippen LogP contribution in [0, 0.1) is 0 Å². The van der Waals surface area contributed by atoms with Gasteiger partial charge in [-0.3, -0.25) is 4.90 Å². The highest BCUT2D eigenvalue weighted by Gasteiger charge is 2.41. The largest absolute Gasteiger partial charge is 0.377 e. The molecule has 2 nitrogen and oxygen atoms in total. The second kappa shape index (κ2) is 2.88. The minimum absolute atomic E-state index is 0.217. The van der Waals surface area contributed by atoms with Gasteiger partial charge in [0.1, 0.15) is 6.23 Å². The summed E-state index contributed by atoms with van der Waals surface area (Å²) in [5.41, 5.74) is 1.26. The molecule has 3 atom stereocenters. The molecule has 0 saturated carbocycles. The molecular weight excluding hydrogens is 150 g/mol. The molecule has 1 heterocycles. The summed E-state index contributed by atoms with van der Waals surface area (Å²) in [7, 11) is 0. The molecule has 1 aliphatic heterocycles. The third kappa shape index (κ3) is 1.36. The maximum absolute atomic E-state index is 9.28. The lowest BCUT2D eigenvalue weighted by atomic mass is 10.2. The van der Waals surface area contributed by atoms with E-state index in [-0.39, 0.29) is 6.23 Å². The number of nitrogens with zero attached hydrogens (tertiary/aromatic N) is 1. The Morgan fingerprint density at radius 2 is 1.92 bits per heavy atom. The molecule has 1 aromatic carbocycles. The molecule has 1 N–H and O–H groups in total.